The van der Waals surface area contributed by atoms with Crippen molar-refractivity contribution in [1.29, 1.82) is 0 Å². The number of rotatable bonds is 1. The van der Waals surface area contributed by atoms with Gasteiger partial charge in [-0.2, -0.15) is 0 Å². The highest BCUT2D eigenvalue weighted by molar-refractivity contribution is 5.55. The smallest absolute Gasteiger partial charge is 0.164 e. The predicted octanol–water partition coefficient (Wildman–Crippen LogP) is 2.77. The van der Waals surface area contributed by atoms with Crippen LogP contribution in [0.1, 0.15) is 32.6 Å². The van der Waals surface area contributed by atoms with Crippen LogP contribution in [0, 0.1) is 11.2 Å². The van der Waals surface area contributed by atoms with Crippen LogP contribution in [0.3, 0.4) is 0 Å². The van der Waals surface area contributed by atoms with Crippen molar-refractivity contribution in [2.75, 3.05) is 6.54 Å². The highest BCUT2D eigenvalue weighted by Gasteiger charge is 2.33. The van der Waals surface area contributed by atoms with Crippen molar-refractivity contribution < 1.29 is 4.39 Å². The maximum atomic E-state index is 13.4. The van der Waals surface area contributed by atoms with Crippen LogP contribution in [0.15, 0.2) is 24.3 Å². The number of halogens is 1. The lowest BCUT2D eigenvalue weighted by atomic mass is 9.85. The van der Waals surface area contributed by atoms with E-state index in [1.165, 1.54) is 12.1 Å². The zero-order valence-corrected chi connectivity index (χ0v) is 12.0. The van der Waals surface area contributed by atoms with Crippen LogP contribution in [-0.2, 0) is 6.54 Å². The zero-order chi connectivity index (χ0) is 14.3. The average molecular weight is 274 g/mol. The van der Waals surface area contributed by atoms with Crippen molar-refractivity contribution in [3.63, 3.8) is 0 Å². The molecule has 1 N–H and O–H groups in total. The highest BCUT2D eigenvalue weighted by Crippen LogP contribution is 2.35. The zero-order valence-electron chi connectivity index (χ0n) is 12.0. The Labute approximate surface area is 118 Å². The Bertz CT molecular complexity index is 627. The van der Waals surface area contributed by atoms with Gasteiger partial charge in [0.25, 0.3) is 0 Å². The molecule has 5 heteroatoms. The SMILES string of the molecule is CC(C)(C)C1NCCn2c(-c3cccc(F)c3)nnc21. The molecule has 0 aliphatic carbocycles. The minimum absolute atomic E-state index is 0.0599. The number of nitrogens with one attached hydrogen (secondary N) is 1. The molecule has 2 aromatic rings. The van der Waals surface area contributed by atoms with E-state index in [0.29, 0.717) is 0 Å². The summed E-state index contributed by atoms with van der Waals surface area (Å²) >= 11 is 0. The van der Waals surface area contributed by atoms with Crippen molar-refractivity contribution in [3.05, 3.63) is 35.9 Å². The monoisotopic (exact) mass is 274 g/mol. The Morgan fingerprint density at radius 1 is 1.30 bits per heavy atom. The molecule has 0 bridgehead atoms. The van der Waals surface area contributed by atoms with E-state index in [1.807, 2.05) is 6.07 Å². The van der Waals surface area contributed by atoms with Gasteiger partial charge in [-0.15, -0.1) is 10.2 Å². The Kier molecular flexibility index (Phi) is 3.09. The molecule has 106 valence electrons. The van der Waals surface area contributed by atoms with Gasteiger partial charge in [0, 0.05) is 18.7 Å². The molecule has 0 amide bonds. The summed E-state index contributed by atoms with van der Waals surface area (Å²) in [6.45, 7) is 8.21. The molecule has 20 heavy (non-hydrogen) atoms. The van der Waals surface area contributed by atoms with E-state index in [2.05, 4.69) is 40.9 Å². The molecule has 0 spiro atoms. The molecule has 0 radical (unpaired) electrons. The van der Waals surface area contributed by atoms with Crippen LogP contribution in [0.2, 0.25) is 0 Å². The van der Waals surface area contributed by atoms with Crippen LogP contribution >= 0.6 is 0 Å². The summed E-state index contributed by atoms with van der Waals surface area (Å²) in [6, 6.07) is 6.68. The predicted molar refractivity (Wildman–Crippen MR) is 75.6 cm³/mol. The third-order valence-electron chi connectivity index (χ3n) is 3.67. The van der Waals surface area contributed by atoms with Gasteiger partial charge in [-0.3, -0.25) is 0 Å². The highest BCUT2D eigenvalue weighted by atomic mass is 19.1. The molecule has 2 heterocycles. The first-order chi connectivity index (χ1) is 9.47. The Morgan fingerprint density at radius 2 is 2.10 bits per heavy atom. The second kappa shape index (κ2) is 4.66. The summed E-state index contributed by atoms with van der Waals surface area (Å²) in [5, 5.41) is 12.1. The summed E-state index contributed by atoms with van der Waals surface area (Å²) in [4.78, 5) is 0. The molecular weight excluding hydrogens is 255 g/mol. The third kappa shape index (κ3) is 2.22. The van der Waals surface area contributed by atoms with E-state index < -0.39 is 0 Å². The van der Waals surface area contributed by atoms with Crippen LogP contribution in [0.4, 0.5) is 4.39 Å². The van der Waals surface area contributed by atoms with Gasteiger partial charge in [-0.1, -0.05) is 32.9 Å². The van der Waals surface area contributed by atoms with E-state index in [-0.39, 0.29) is 17.3 Å². The first kappa shape index (κ1) is 13.2. The van der Waals surface area contributed by atoms with Crippen LogP contribution in [0.5, 0.6) is 0 Å². The lowest BCUT2D eigenvalue weighted by Gasteiger charge is -2.34. The second-order valence-electron chi connectivity index (χ2n) is 6.30. The molecular formula is C15H19FN4. The molecule has 0 saturated heterocycles. The standard InChI is InChI=1S/C15H19FN4/c1-15(2,3)12-14-19-18-13(20(14)8-7-17-12)10-5-4-6-11(16)9-10/h4-6,9,12,17H,7-8H2,1-3H3. The third-order valence-corrected chi connectivity index (χ3v) is 3.67. The minimum Gasteiger partial charge on any atom is -0.308 e. The second-order valence-corrected chi connectivity index (χ2v) is 6.30. The van der Waals surface area contributed by atoms with E-state index in [0.717, 1.165) is 30.3 Å². The summed E-state index contributed by atoms with van der Waals surface area (Å²) in [7, 11) is 0. The fraction of sp³-hybridized carbons (Fsp3) is 0.467. The van der Waals surface area contributed by atoms with Gasteiger partial charge in [-0.05, 0) is 17.5 Å². The molecule has 1 unspecified atom stereocenters. The first-order valence-corrected chi connectivity index (χ1v) is 6.89. The number of nitrogens with zero attached hydrogens (tertiary/aromatic N) is 3. The van der Waals surface area contributed by atoms with Crippen molar-refractivity contribution in [2.45, 2.75) is 33.4 Å². The number of aromatic nitrogens is 3. The fourth-order valence-corrected chi connectivity index (χ4v) is 2.70. The molecule has 1 aliphatic rings. The van der Waals surface area contributed by atoms with Gasteiger partial charge in [0.15, 0.2) is 11.6 Å². The molecule has 1 aliphatic heterocycles. The van der Waals surface area contributed by atoms with Gasteiger partial charge < -0.3 is 9.88 Å². The lowest BCUT2D eigenvalue weighted by Crippen LogP contribution is -2.40. The Hall–Kier alpha value is -1.75. The number of fused-ring (bicyclic) bond motifs is 1. The number of hydrogen-bond acceptors (Lipinski definition) is 3. The normalized spacial score (nSPS) is 18.9. The van der Waals surface area contributed by atoms with Crippen molar-refractivity contribution >= 4 is 0 Å². The minimum atomic E-state index is -0.249. The summed E-state index contributed by atoms with van der Waals surface area (Å²) < 4.78 is 15.5. The van der Waals surface area contributed by atoms with Gasteiger partial charge in [0.1, 0.15) is 5.82 Å². The largest absolute Gasteiger partial charge is 0.308 e. The molecule has 1 atom stereocenters. The van der Waals surface area contributed by atoms with Gasteiger partial charge in [0.05, 0.1) is 6.04 Å². The van der Waals surface area contributed by atoms with Crippen LogP contribution in [-0.4, -0.2) is 21.3 Å². The lowest BCUT2D eigenvalue weighted by molar-refractivity contribution is 0.234. The van der Waals surface area contributed by atoms with Gasteiger partial charge in [-0.25, -0.2) is 4.39 Å². The van der Waals surface area contributed by atoms with E-state index in [4.69, 9.17) is 0 Å². The van der Waals surface area contributed by atoms with Gasteiger partial charge >= 0.3 is 0 Å². The van der Waals surface area contributed by atoms with Crippen molar-refractivity contribution in [3.8, 4) is 11.4 Å². The van der Waals surface area contributed by atoms with Crippen molar-refractivity contribution in [1.82, 2.24) is 20.1 Å². The quantitative estimate of drug-likeness (QED) is 0.869. The molecule has 0 fully saturated rings. The number of benzene rings is 1. The maximum absolute atomic E-state index is 13.4. The van der Waals surface area contributed by atoms with E-state index >= 15 is 0 Å². The van der Waals surface area contributed by atoms with Crippen LogP contribution in [0.25, 0.3) is 11.4 Å². The molecule has 1 aromatic carbocycles. The Balaban J connectivity index is 2.07. The molecule has 1 aromatic heterocycles. The van der Waals surface area contributed by atoms with Gasteiger partial charge in [0.2, 0.25) is 0 Å². The van der Waals surface area contributed by atoms with Crippen molar-refractivity contribution in [2.24, 2.45) is 5.41 Å². The molecule has 3 rings (SSSR count). The molecule has 4 nitrogen and oxygen atoms in total. The topological polar surface area (TPSA) is 42.7 Å². The maximum Gasteiger partial charge on any atom is 0.164 e. The summed E-state index contributed by atoms with van der Waals surface area (Å²) in [5.74, 6) is 1.43. The van der Waals surface area contributed by atoms with Crippen LogP contribution < -0.4 is 5.32 Å². The van der Waals surface area contributed by atoms with E-state index in [1.54, 1.807) is 6.07 Å². The first-order valence-electron chi connectivity index (χ1n) is 6.89. The molecule has 0 saturated carbocycles. The average Bonchev–Trinajstić information content (AvgIpc) is 2.81. The number of hydrogen-bond donors (Lipinski definition) is 1. The van der Waals surface area contributed by atoms with E-state index in [9.17, 15) is 4.39 Å². The fourth-order valence-electron chi connectivity index (χ4n) is 2.70. The summed E-state index contributed by atoms with van der Waals surface area (Å²) in [6.07, 6.45) is 0. The summed E-state index contributed by atoms with van der Waals surface area (Å²) in [5.41, 5.74) is 0.836. The Morgan fingerprint density at radius 3 is 2.80 bits per heavy atom.